The van der Waals surface area contributed by atoms with Gasteiger partial charge in [0.2, 0.25) is 11.8 Å². The average molecular weight is 685 g/mol. The van der Waals surface area contributed by atoms with Crippen LogP contribution in [0.1, 0.15) is 36.5 Å². The van der Waals surface area contributed by atoms with Crippen molar-refractivity contribution in [3.8, 4) is 0 Å². The summed E-state index contributed by atoms with van der Waals surface area (Å²) in [5.41, 5.74) is 1.86. The predicted octanol–water partition coefficient (Wildman–Crippen LogP) is 7.19. The fourth-order valence-corrected chi connectivity index (χ4v) is 6.83. The molecular weight excluding hydrogens is 648 g/mol. The molecule has 4 aromatic rings. The van der Waals surface area contributed by atoms with Crippen LogP contribution in [0.3, 0.4) is 0 Å². The fraction of sp³-hybridized carbons (Fsp3) is 0.257. The Labute approximate surface area is 280 Å². The number of amides is 2. The summed E-state index contributed by atoms with van der Waals surface area (Å²) in [7, 11) is -4.34. The number of carbonyl (C=O) groups is 2. The number of sulfonamides is 1. The molecule has 0 aliphatic heterocycles. The van der Waals surface area contributed by atoms with E-state index in [1.54, 1.807) is 18.2 Å². The van der Waals surface area contributed by atoms with E-state index in [1.165, 1.54) is 53.4 Å². The first kappa shape index (κ1) is 34.9. The van der Waals surface area contributed by atoms with Gasteiger partial charge >= 0.3 is 0 Å². The van der Waals surface area contributed by atoms with E-state index >= 15 is 4.39 Å². The quantitative estimate of drug-likeness (QED) is 0.143. The summed E-state index contributed by atoms with van der Waals surface area (Å²) in [5, 5.41) is 3.24. The number of unbranched alkanes of at least 4 members (excludes halogenated alkanes) is 1. The monoisotopic (exact) mass is 683 g/mol. The average Bonchev–Trinajstić information content (AvgIpc) is 3.02. The number of carbonyl (C=O) groups excluding carboxylic acids is 2. The van der Waals surface area contributed by atoms with E-state index in [9.17, 15) is 18.0 Å². The van der Waals surface area contributed by atoms with E-state index in [1.807, 2.05) is 44.2 Å². The molecule has 0 saturated carbocycles. The Hall–Kier alpha value is -3.92. The van der Waals surface area contributed by atoms with Crippen molar-refractivity contribution in [3.05, 3.63) is 130 Å². The summed E-state index contributed by atoms with van der Waals surface area (Å²) < 4.78 is 44.2. The van der Waals surface area contributed by atoms with Gasteiger partial charge in [-0.05, 0) is 55.3 Å². The van der Waals surface area contributed by atoms with Gasteiger partial charge in [0.05, 0.1) is 10.6 Å². The number of nitrogens with zero attached hydrogens (tertiary/aromatic N) is 2. The van der Waals surface area contributed by atoms with Crippen LogP contribution in [0, 0.1) is 12.7 Å². The van der Waals surface area contributed by atoms with Gasteiger partial charge in [-0.15, -0.1) is 0 Å². The third-order valence-corrected chi connectivity index (χ3v) is 9.65. The third kappa shape index (κ3) is 9.09. The van der Waals surface area contributed by atoms with Crippen molar-refractivity contribution in [1.82, 2.24) is 10.2 Å². The molecule has 242 valence electrons. The Morgan fingerprint density at radius 1 is 0.891 bits per heavy atom. The van der Waals surface area contributed by atoms with Crippen molar-refractivity contribution in [1.29, 1.82) is 0 Å². The highest BCUT2D eigenvalue weighted by Gasteiger charge is 2.35. The second kappa shape index (κ2) is 16.1. The van der Waals surface area contributed by atoms with E-state index in [4.69, 9.17) is 23.2 Å². The topological polar surface area (TPSA) is 86.8 Å². The van der Waals surface area contributed by atoms with Gasteiger partial charge in [0, 0.05) is 35.1 Å². The number of hydrogen-bond acceptors (Lipinski definition) is 4. The number of anilines is 1. The van der Waals surface area contributed by atoms with Gasteiger partial charge in [0.15, 0.2) is 0 Å². The highest BCUT2D eigenvalue weighted by atomic mass is 35.5. The minimum absolute atomic E-state index is 0.0548. The van der Waals surface area contributed by atoms with E-state index in [0.717, 1.165) is 28.3 Å². The normalized spacial score (nSPS) is 11.9. The molecule has 0 bridgehead atoms. The summed E-state index contributed by atoms with van der Waals surface area (Å²) in [5.74, 6) is -1.71. The van der Waals surface area contributed by atoms with Crippen molar-refractivity contribution in [2.45, 2.75) is 50.6 Å². The highest BCUT2D eigenvalue weighted by molar-refractivity contribution is 7.92. The molecule has 4 aromatic carbocycles. The van der Waals surface area contributed by atoms with Gasteiger partial charge in [-0.2, -0.15) is 0 Å². The van der Waals surface area contributed by atoms with Crippen LogP contribution in [-0.4, -0.2) is 44.3 Å². The zero-order valence-electron chi connectivity index (χ0n) is 25.6. The van der Waals surface area contributed by atoms with Crippen LogP contribution in [0.5, 0.6) is 0 Å². The maximum atomic E-state index is 15.0. The van der Waals surface area contributed by atoms with Crippen molar-refractivity contribution in [2.75, 3.05) is 17.4 Å². The molecule has 4 rings (SSSR count). The maximum Gasteiger partial charge on any atom is 0.264 e. The predicted molar refractivity (Wildman–Crippen MR) is 181 cm³/mol. The summed E-state index contributed by atoms with van der Waals surface area (Å²) in [6, 6.07) is 24.5. The molecule has 0 spiro atoms. The molecule has 46 heavy (non-hydrogen) atoms. The molecule has 1 N–H and O–H groups in total. The summed E-state index contributed by atoms with van der Waals surface area (Å²) >= 11 is 12.6. The molecule has 0 aromatic heterocycles. The number of rotatable bonds is 14. The minimum atomic E-state index is -4.34. The standard InChI is InChI=1S/C35H36Cl2FN3O4S/c1-3-4-18-39-35(43)33(19-26-10-6-5-7-11-26)40(23-27-12-8-9-13-32(27)38)34(42)24-41(30-21-28(36)20-29(37)22-30)46(44,45)31-16-14-25(2)15-17-31/h5-17,20-22,33H,3-4,18-19,23-24H2,1-2H3,(H,39,43)/t33-/m0/s1. The number of halogens is 3. The van der Waals surface area contributed by atoms with Gasteiger partial charge in [-0.25, -0.2) is 12.8 Å². The lowest BCUT2D eigenvalue weighted by Crippen LogP contribution is -2.53. The Kier molecular flexibility index (Phi) is 12.2. The molecule has 0 radical (unpaired) electrons. The Balaban J connectivity index is 1.82. The van der Waals surface area contributed by atoms with Crippen molar-refractivity contribution >= 4 is 50.7 Å². The molecule has 1 atom stereocenters. The van der Waals surface area contributed by atoms with E-state index < -0.39 is 40.2 Å². The number of aryl methyl sites for hydroxylation is 1. The van der Waals surface area contributed by atoms with Crippen LogP contribution in [0.15, 0.2) is 102 Å². The zero-order chi connectivity index (χ0) is 33.3. The van der Waals surface area contributed by atoms with Crippen molar-refractivity contribution in [3.63, 3.8) is 0 Å². The first-order valence-electron chi connectivity index (χ1n) is 14.9. The van der Waals surface area contributed by atoms with Gasteiger partial charge in [0.1, 0.15) is 18.4 Å². The first-order valence-corrected chi connectivity index (χ1v) is 17.1. The lowest BCUT2D eigenvalue weighted by Gasteiger charge is -2.34. The van der Waals surface area contributed by atoms with Crippen LogP contribution in [-0.2, 0) is 32.6 Å². The molecule has 0 heterocycles. The fourth-order valence-electron chi connectivity index (χ4n) is 4.92. The molecule has 2 amide bonds. The summed E-state index contributed by atoms with van der Waals surface area (Å²) in [6.45, 7) is 3.21. The van der Waals surface area contributed by atoms with Crippen molar-refractivity contribution < 1.29 is 22.4 Å². The van der Waals surface area contributed by atoms with Gasteiger partial charge in [-0.3, -0.25) is 13.9 Å². The Bertz CT molecular complexity index is 1740. The summed E-state index contributed by atoms with van der Waals surface area (Å²) in [6.07, 6.45) is 1.69. The van der Waals surface area contributed by atoms with Gasteiger partial charge in [0.25, 0.3) is 10.0 Å². The van der Waals surface area contributed by atoms with E-state index in [2.05, 4.69) is 5.32 Å². The molecule has 0 unspecified atom stereocenters. The maximum absolute atomic E-state index is 15.0. The van der Waals surface area contributed by atoms with Crippen LogP contribution >= 0.6 is 23.2 Å². The third-order valence-electron chi connectivity index (χ3n) is 7.42. The Morgan fingerprint density at radius 2 is 1.52 bits per heavy atom. The molecule has 0 aliphatic carbocycles. The summed E-state index contributed by atoms with van der Waals surface area (Å²) in [4.78, 5) is 29.4. The smallest absolute Gasteiger partial charge is 0.264 e. The van der Waals surface area contributed by atoms with Crippen LogP contribution in [0.4, 0.5) is 10.1 Å². The minimum Gasteiger partial charge on any atom is -0.354 e. The SMILES string of the molecule is CCCCNC(=O)[C@H](Cc1ccccc1)N(Cc1ccccc1F)C(=O)CN(c1cc(Cl)cc(Cl)c1)S(=O)(=O)c1ccc(C)cc1. The number of nitrogens with one attached hydrogen (secondary N) is 1. The highest BCUT2D eigenvalue weighted by Crippen LogP contribution is 2.30. The van der Waals surface area contributed by atoms with Crippen LogP contribution < -0.4 is 9.62 Å². The van der Waals surface area contributed by atoms with Crippen LogP contribution in [0.2, 0.25) is 10.0 Å². The number of hydrogen-bond donors (Lipinski definition) is 1. The molecule has 11 heteroatoms. The second-order valence-corrected chi connectivity index (χ2v) is 13.7. The molecule has 0 aliphatic rings. The largest absolute Gasteiger partial charge is 0.354 e. The lowest BCUT2D eigenvalue weighted by atomic mass is 10.0. The van der Waals surface area contributed by atoms with E-state index in [-0.39, 0.29) is 39.2 Å². The van der Waals surface area contributed by atoms with Crippen LogP contribution in [0.25, 0.3) is 0 Å². The second-order valence-electron chi connectivity index (χ2n) is 10.9. The lowest BCUT2D eigenvalue weighted by molar-refractivity contribution is -0.140. The molecule has 0 saturated heterocycles. The number of benzene rings is 4. The van der Waals surface area contributed by atoms with E-state index in [0.29, 0.717) is 6.54 Å². The first-order chi connectivity index (χ1) is 22.0. The van der Waals surface area contributed by atoms with Crippen molar-refractivity contribution in [2.24, 2.45) is 0 Å². The molecular formula is C35H36Cl2FN3O4S. The van der Waals surface area contributed by atoms with Gasteiger partial charge in [-0.1, -0.05) is 103 Å². The molecule has 0 fully saturated rings. The molecule has 7 nitrogen and oxygen atoms in total. The zero-order valence-corrected chi connectivity index (χ0v) is 28.0. The van der Waals surface area contributed by atoms with Gasteiger partial charge < -0.3 is 10.2 Å². The Morgan fingerprint density at radius 3 is 2.15 bits per heavy atom.